The number of rotatable bonds is 6. The van der Waals surface area contributed by atoms with E-state index in [4.69, 9.17) is 11.5 Å². The van der Waals surface area contributed by atoms with E-state index in [-0.39, 0.29) is 27.2 Å². The Balaban J connectivity index is 3.03. The van der Waals surface area contributed by atoms with Gasteiger partial charge in [-0.3, -0.25) is 0 Å². The van der Waals surface area contributed by atoms with Gasteiger partial charge < -0.3 is 0 Å². The van der Waals surface area contributed by atoms with Crippen molar-refractivity contribution in [3.05, 3.63) is 0 Å². The molecule has 62 valence electrons. The van der Waals surface area contributed by atoms with Crippen molar-refractivity contribution in [1.82, 2.24) is 0 Å². The van der Waals surface area contributed by atoms with Crippen LogP contribution < -0.4 is 11.5 Å². The molecule has 0 aliphatic carbocycles. The molecule has 0 aromatic rings. The van der Waals surface area contributed by atoms with Crippen LogP contribution in [0.5, 0.6) is 0 Å². The minimum absolute atomic E-state index is 0.164. The first-order chi connectivity index (χ1) is 5.13. The van der Waals surface area contributed by atoms with Gasteiger partial charge in [0.1, 0.15) is 0 Å². The molecule has 0 saturated heterocycles. The third-order valence-corrected chi connectivity index (χ3v) is 3.63. The van der Waals surface area contributed by atoms with Crippen molar-refractivity contribution < 1.29 is 9.59 Å². The van der Waals surface area contributed by atoms with E-state index in [0.29, 0.717) is 12.8 Å². The Morgan fingerprint density at radius 1 is 1.00 bits per heavy atom. The van der Waals surface area contributed by atoms with Crippen LogP contribution in [0.3, 0.4) is 0 Å². The molecule has 0 spiro atoms. The van der Waals surface area contributed by atoms with Gasteiger partial charge in [0.2, 0.25) is 0 Å². The molecule has 0 aliphatic rings. The average molecular weight is 217 g/mol. The SMILES string of the molecule is NC(=O)C[CH2][Ge][CH2]CC(N)=O. The van der Waals surface area contributed by atoms with E-state index in [0.717, 1.165) is 10.5 Å². The molecular formula is C6H12GeN2O2. The van der Waals surface area contributed by atoms with E-state index >= 15 is 0 Å². The van der Waals surface area contributed by atoms with Crippen molar-refractivity contribution >= 4 is 27.2 Å². The fraction of sp³-hybridized carbons (Fsp3) is 0.667. The second-order valence-electron chi connectivity index (χ2n) is 2.18. The van der Waals surface area contributed by atoms with Crippen LogP contribution in [0, 0.1) is 0 Å². The van der Waals surface area contributed by atoms with Gasteiger partial charge >= 0.3 is 71.7 Å². The van der Waals surface area contributed by atoms with Crippen molar-refractivity contribution in [3.8, 4) is 0 Å². The molecule has 4 nitrogen and oxygen atoms in total. The first kappa shape index (κ1) is 10.5. The monoisotopic (exact) mass is 218 g/mol. The fourth-order valence-corrected chi connectivity index (χ4v) is 2.85. The van der Waals surface area contributed by atoms with Crippen LogP contribution in [0.15, 0.2) is 0 Å². The maximum atomic E-state index is 10.2. The van der Waals surface area contributed by atoms with E-state index in [1.165, 1.54) is 0 Å². The number of carbonyl (C=O) groups excluding carboxylic acids is 2. The Hall–Kier alpha value is -0.517. The van der Waals surface area contributed by atoms with E-state index < -0.39 is 0 Å². The molecule has 0 saturated carbocycles. The summed E-state index contributed by atoms with van der Waals surface area (Å²) in [5, 5.41) is 1.76. The van der Waals surface area contributed by atoms with Crippen LogP contribution in [0.4, 0.5) is 0 Å². The van der Waals surface area contributed by atoms with Gasteiger partial charge in [-0.05, 0) is 0 Å². The zero-order valence-electron chi connectivity index (χ0n) is 6.30. The Kier molecular flexibility index (Phi) is 5.92. The summed E-state index contributed by atoms with van der Waals surface area (Å²) in [5.41, 5.74) is 9.85. The summed E-state index contributed by atoms with van der Waals surface area (Å²) in [7, 11) is 0. The topological polar surface area (TPSA) is 86.2 Å². The zero-order chi connectivity index (χ0) is 8.69. The van der Waals surface area contributed by atoms with Crippen molar-refractivity contribution in [1.29, 1.82) is 0 Å². The quantitative estimate of drug-likeness (QED) is 0.454. The fourth-order valence-electron chi connectivity index (χ4n) is 0.548. The van der Waals surface area contributed by atoms with Crippen LogP contribution in [0.2, 0.25) is 10.5 Å². The van der Waals surface area contributed by atoms with Crippen LogP contribution in [0.25, 0.3) is 0 Å². The molecule has 2 amide bonds. The first-order valence-corrected chi connectivity index (χ1v) is 6.37. The third-order valence-electron chi connectivity index (χ3n) is 1.10. The Morgan fingerprint density at radius 3 is 1.64 bits per heavy atom. The molecule has 0 aromatic carbocycles. The third kappa shape index (κ3) is 9.48. The van der Waals surface area contributed by atoms with E-state index in [1.807, 2.05) is 0 Å². The number of amides is 2. The van der Waals surface area contributed by atoms with Gasteiger partial charge in [0.15, 0.2) is 0 Å². The Morgan fingerprint density at radius 2 is 1.36 bits per heavy atom. The summed E-state index contributed by atoms with van der Waals surface area (Å²) < 4.78 is 0. The summed E-state index contributed by atoms with van der Waals surface area (Å²) in [4.78, 5) is 20.5. The number of carbonyl (C=O) groups is 2. The maximum absolute atomic E-state index is 10.2. The first-order valence-electron chi connectivity index (χ1n) is 3.40. The number of hydrogen-bond acceptors (Lipinski definition) is 2. The minimum atomic E-state index is -0.257. The molecule has 0 atom stereocenters. The van der Waals surface area contributed by atoms with Crippen LogP contribution in [-0.4, -0.2) is 27.2 Å². The normalized spacial score (nSPS) is 9.45. The molecule has 0 heterocycles. The number of hydrogen-bond donors (Lipinski definition) is 2. The van der Waals surface area contributed by atoms with E-state index in [1.54, 1.807) is 0 Å². The van der Waals surface area contributed by atoms with Gasteiger partial charge in [0.05, 0.1) is 0 Å². The predicted molar refractivity (Wildman–Crippen MR) is 43.0 cm³/mol. The summed E-state index contributed by atoms with van der Waals surface area (Å²) in [6.45, 7) is 0. The van der Waals surface area contributed by atoms with Gasteiger partial charge in [-0.1, -0.05) is 0 Å². The van der Waals surface area contributed by atoms with Crippen LogP contribution in [-0.2, 0) is 9.59 Å². The summed E-state index contributed by atoms with van der Waals surface area (Å²) in [5.74, 6) is -0.513. The number of nitrogens with two attached hydrogens (primary N) is 2. The molecule has 11 heavy (non-hydrogen) atoms. The van der Waals surface area contributed by atoms with Gasteiger partial charge in [0.25, 0.3) is 0 Å². The zero-order valence-corrected chi connectivity index (χ0v) is 8.40. The van der Waals surface area contributed by atoms with Crippen molar-refractivity contribution in [2.24, 2.45) is 11.5 Å². The van der Waals surface area contributed by atoms with E-state index in [2.05, 4.69) is 0 Å². The van der Waals surface area contributed by atoms with Crippen LogP contribution in [0.1, 0.15) is 12.8 Å². The van der Waals surface area contributed by atoms with Crippen molar-refractivity contribution in [3.63, 3.8) is 0 Å². The molecule has 0 bridgehead atoms. The molecule has 0 unspecified atom stereocenters. The van der Waals surface area contributed by atoms with Crippen LogP contribution >= 0.6 is 0 Å². The molecule has 4 N–H and O–H groups in total. The molecule has 0 aromatic heterocycles. The second-order valence-corrected chi connectivity index (χ2v) is 5.33. The molecule has 0 rings (SSSR count). The van der Waals surface area contributed by atoms with Crippen molar-refractivity contribution in [2.75, 3.05) is 0 Å². The summed E-state index contributed by atoms with van der Waals surface area (Å²) in [6, 6.07) is 0. The molecule has 5 heteroatoms. The predicted octanol–water partition coefficient (Wildman–Crippen LogP) is -0.722. The standard InChI is InChI=1S/C6H12GeN2O2/c8-5(10)1-3-7-4-2-6(9)11/h1-4H2,(H2,8,10)(H2,9,11). The Bertz CT molecular complexity index is 134. The van der Waals surface area contributed by atoms with Gasteiger partial charge in [-0.25, -0.2) is 0 Å². The van der Waals surface area contributed by atoms with Gasteiger partial charge in [0, 0.05) is 0 Å². The summed E-state index contributed by atoms with van der Waals surface area (Å²) in [6.07, 6.45) is 0.914. The Labute approximate surface area is 72.2 Å². The average Bonchev–Trinajstić information content (AvgIpc) is 1.85. The van der Waals surface area contributed by atoms with Gasteiger partial charge in [-0.15, -0.1) is 0 Å². The molecule has 2 radical (unpaired) electrons. The van der Waals surface area contributed by atoms with E-state index in [9.17, 15) is 9.59 Å². The molecule has 0 fully saturated rings. The van der Waals surface area contributed by atoms with Gasteiger partial charge in [-0.2, -0.15) is 0 Å². The second kappa shape index (κ2) is 6.21. The summed E-state index contributed by atoms with van der Waals surface area (Å²) >= 11 is -0.164. The molecule has 0 aliphatic heterocycles. The number of primary amides is 2. The molecular weight excluding hydrogens is 205 g/mol. The van der Waals surface area contributed by atoms with Crippen molar-refractivity contribution in [2.45, 2.75) is 23.3 Å².